The lowest BCUT2D eigenvalue weighted by atomic mass is 10.0. The zero-order valence-corrected chi connectivity index (χ0v) is 11.5. The molecule has 2 nitrogen and oxygen atoms in total. The van der Waals surface area contributed by atoms with Gasteiger partial charge in [0.2, 0.25) is 0 Å². The van der Waals surface area contributed by atoms with Crippen molar-refractivity contribution in [3.05, 3.63) is 70.1 Å². The van der Waals surface area contributed by atoms with Crippen LogP contribution in [0.5, 0.6) is 0 Å². The van der Waals surface area contributed by atoms with Gasteiger partial charge in [0, 0.05) is 27.7 Å². The molecule has 20 heavy (non-hydrogen) atoms. The van der Waals surface area contributed by atoms with Gasteiger partial charge in [0.05, 0.1) is 5.56 Å². The van der Waals surface area contributed by atoms with Gasteiger partial charge in [-0.05, 0) is 37.3 Å². The Morgan fingerprint density at radius 1 is 1.15 bits per heavy atom. The highest BCUT2D eigenvalue weighted by molar-refractivity contribution is 6.31. The lowest BCUT2D eigenvalue weighted by molar-refractivity contribution is 0.103. The van der Waals surface area contributed by atoms with Crippen molar-refractivity contribution in [2.24, 2.45) is 0 Å². The molecule has 3 aromatic rings. The topological polar surface area (TPSA) is 32.9 Å². The minimum atomic E-state index is -0.568. The SMILES string of the molecule is Cc1ccc2[nH]cc(C(=O)c3cc(Cl)ccc3F)c2c1. The fourth-order valence-corrected chi connectivity index (χ4v) is 2.41. The van der Waals surface area contributed by atoms with Crippen LogP contribution in [0.1, 0.15) is 21.5 Å². The summed E-state index contributed by atoms with van der Waals surface area (Å²) in [6.07, 6.45) is 1.60. The molecule has 0 atom stereocenters. The number of ketones is 1. The molecule has 4 heteroatoms. The number of H-pyrrole nitrogens is 1. The van der Waals surface area contributed by atoms with E-state index in [0.29, 0.717) is 10.6 Å². The number of aromatic amines is 1. The summed E-state index contributed by atoms with van der Waals surface area (Å²) in [7, 11) is 0. The molecule has 1 aromatic heterocycles. The average molecular weight is 288 g/mol. The average Bonchev–Trinajstić information content (AvgIpc) is 2.83. The molecule has 100 valence electrons. The zero-order chi connectivity index (χ0) is 14.3. The van der Waals surface area contributed by atoms with Crippen LogP contribution >= 0.6 is 11.6 Å². The van der Waals surface area contributed by atoms with Crippen LogP contribution in [0.2, 0.25) is 5.02 Å². The smallest absolute Gasteiger partial charge is 0.198 e. The van der Waals surface area contributed by atoms with E-state index in [0.717, 1.165) is 16.5 Å². The third-order valence-electron chi connectivity index (χ3n) is 3.25. The quantitative estimate of drug-likeness (QED) is 0.692. The van der Waals surface area contributed by atoms with E-state index in [2.05, 4.69) is 4.98 Å². The maximum Gasteiger partial charge on any atom is 0.198 e. The maximum absolute atomic E-state index is 13.8. The molecular formula is C16H11ClFNO. The van der Waals surface area contributed by atoms with Crippen molar-refractivity contribution in [1.82, 2.24) is 4.98 Å². The van der Waals surface area contributed by atoms with Gasteiger partial charge in [-0.15, -0.1) is 0 Å². The predicted octanol–water partition coefficient (Wildman–Crippen LogP) is 4.50. The molecule has 0 saturated carbocycles. The van der Waals surface area contributed by atoms with Crippen LogP contribution in [0.25, 0.3) is 10.9 Å². The monoisotopic (exact) mass is 287 g/mol. The van der Waals surface area contributed by atoms with E-state index in [-0.39, 0.29) is 11.3 Å². The lowest BCUT2D eigenvalue weighted by Crippen LogP contribution is -2.03. The molecule has 0 unspecified atom stereocenters. The third kappa shape index (κ3) is 2.10. The number of benzene rings is 2. The summed E-state index contributed by atoms with van der Waals surface area (Å²) >= 11 is 5.84. The summed E-state index contributed by atoms with van der Waals surface area (Å²) in [5.41, 5.74) is 2.32. The van der Waals surface area contributed by atoms with Gasteiger partial charge in [-0.1, -0.05) is 23.2 Å². The Morgan fingerprint density at radius 2 is 1.95 bits per heavy atom. The highest BCUT2D eigenvalue weighted by Gasteiger charge is 2.18. The number of hydrogen-bond acceptors (Lipinski definition) is 1. The summed E-state index contributed by atoms with van der Waals surface area (Å²) in [4.78, 5) is 15.5. The largest absolute Gasteiger partial charge is 0.360 e. The van der Waals surface area contributed by atoms with Crippen LogP contribution in [0.3, 0.4) is 0 Å². The van der Waals surface area contributed by atoms with Crippen LogP contribution in [0.4, 0.5) is 4.39 Å². The molecule has 0 aliphatic rings. The molecule has 1 heterocycles. The van der Waals surface area contributed by atoms with Crippen molar-refractivity contribution in [3.63, 3.8) is 0 Å². The van der Waals surface area contributed by atoms with E-state index in [1.54, 1.807) is 6.20 Å². The van der Waals surface area contributed by atoms with Gasteiger partial charge in [0.15, 0.2) is 5.78 Å². The lowest BCUT2D eigenvalue weighted by Gasteiger charge is -2.03. The minimum absolute atomic E-state index is 0.0140. The van der Waals surface area contributed by atoms with Gasteiger partial charge < -0.3 is 4.98 Å². The van der Waals surface area contributed by atoms with Crippen LogP contribution in [0.15, 0.2) is 42.6 Å². The molecule has 2 aromatic carbocycles. The maximum atomic E-state index is 13.8. The molecule has 3 rings (SSSR count). The molecule has 0 amide bonds. The minimum Gasteiger partial charge on any atom is -0.360 e. The number of rotatable bonds is 2. The highest BCUT2D eigenvalue weighted by Crippen LogP contribution is 2.24. The second-order valence-electron chi connectivity index (χ2n) is 4.70. The Labute approximate surface area is 120 Å². The molecule has 1 N–H and O–H groups in total. The summed E-state index contributed by atoms with van der Waals surface area (Å²) in [6.45, 7) is 1.95. The summed E-state index contributed by atoms with van der Waals surface area (Å²) in [5, 5.41) is 1.13. The number of carbonyl (C=O) groups excluding carboxylic acids is 1. The fourth-order valence-electron chi connectivity index (χ4n) is 2.24. The number of nitrogens with one attached hydrogen (secondary N) is 1. The molecule has 0 bridgehead atoms. The molecule has 0 aliphatic carbocycles. The first-order valence-corrected chi connectivity index (χ1v) is 6.51. The number of hydrogen-bond donors (Lipinski definition) is 1. The Bertz CT molecular complexity index is 822. The predicted molar refractivity (Wildman–Crippen MR) is 77.9 cm³/mol. The molecule has 0 spiro atoms. The molecule has 0 fully saturated rings. The standard InChI is InChI=1S/C16H11ClFNO/c1-9-2-5-15-11(6-9)13(8-19-15)16(20)12-7-10(17)3-4-14(12)18/h2-8,19H,1H3. The third-order valence-corrected chi connectivity index (χ3v) is 3.49. The fraction of sp³-hybridized carbons (Fsp3) is 0.0625. The number of aromatic nitrogens is 1. The molecule has 0 radical (unpaired) electrons. The second kappa shape index (κ2) is 4.76. The Balaban J connectivity index is 2.17. The van der Waals surface area contributed by atoms with Crippen LogP contribution in [0, 0.1) is 12.7 Å². The summed E-state index contributed by atoms with van der Waals surface area (Å²) in [6, 6.07) is 9.74. The first-order chi connectivity index (χ1) is 9.56. The van der Waals surface area contributed by atoms with Gasteiger partial charge in [-0.3, -0.25) is 4.79 Å². The van der Waals surface area contributed by atoms with Gasteiger partial charge >= 0.3 is 0 Å². The van der Waals surface area contributed by atoms with Crippen LogP contribution in [-0.4, -0.2) is 10.8 Å². The van der Waals surface area contributed by atoms with Crippen molar-refractivity contribution in [2.75, 3.05) is 0 Å². The second-order valence-corrected chi connectivity index (χ2v) is 5.14. The number of fused-ring (bicyclic) bond motifs is 1. The van der Waals surface area contributed by atoms with Crippen molar-refractivity contribution in [2.45, 2.75) is 6.92 Å². The van der Waals surface area contributed by atoms with Gasteiger partial charge in [-0.2, -0.15) is 0 Å². The van der Waals surface area contributed by atoms with Gasteiger partial charge in [0.1, 0.15) is 5.82 Å². The number of halogens is 2. The van der Waals surface area contributed by atoms with Crippen molar-refractivity contribution >= 4 is 28.3 Å². The Morgan fingerprint density at radius 3 is 2.75 bits per heavy atom. The molecular weight excluding hydrogens is 277 g/mol. The summed E-state index contributed by atoms with van der Waals surface area (Å²) in [5.74, 6) is -0.941. The molecule has 0 saturated heterocycles. The van der Waals surface area contributed by atoms with E-state index in [4.69, 9.17) is 11.6 Å². The van der Waals surface area contributed by atoms with Crippen molar-refractivity contribution < 1.29 is 9.18 Å². The van der Waals surface area contributed by atoms with Gasteiger partial charge in [-0.25, -0.2) is 4.39 Å². The highest BCUT2D eigenvalue weighted by atomic mass is 35.5. The van der Waals surface area contributed by atoms with Crippen molar-refractivity contribution in [1.29, 1.82) is 0 Å². The van der Waals surface area contributed by atoms with E-state index in [9.17, 15) is 9.18 Å². The van der Waals surface area contributed by atoms with Crippen molar-refractivity contribution in [3.8, 4) is 0 Å². The Kier molecular flexibility index (Phi) is 3.07. The Hall–Kier alpha value is -2.13. The van der Waals surface area contributed by atoms with Crippen LogP contribution < -0.4 is 0 Å². The molecule has 0 aliphatic heterocycles. The normalized spacial score (nSPS) is 10.9. The van der Waals surface area contributed by atoms with Crippen LogP contribution in [-0.2, 0) is 0 Å². The van der Waals surface area contributed by atoms with E-state index in [1.807, 2.05) is 25.1 Å². The first-order valence-electron chi connectivity index (χ1n) is 6.14. The zero-order valence-electron chi connectivity index (χ0n) is 10.7. The van der Waals surface area contributed by atoms with E-state index >= 15 is 0 Å². The summed E-state index contributed by atoms with van der Waals surface area (Å²) < 4.78 is 13.8. The van der Waals surface area contributed by atoms with E-state index < -0.39 is 5.82 Å². The number of aryl methyl sites for hydroxylation is 1. The van der Waals surface area contributed by atoms with E-state index in [1.165, 1.54) is 18.2 Å². The number of carbonyl (C=O) groups is 1. The first kappa shape index (κ1) is 12.9. The van der Waals surface area contributed by atoms with Gasteiger partial charge in [0.25, 0.3) is 0 Å².